The third-order valence-corrected chi connectivity index (χ3v) is 5.33. The Hall–Kier alpha value is -3.35. The number of esters is 1. The Kier molecular flexibility index (Phi) is 4.74. The summed E-state index contributed by atoms with van der Waals surface area (Å²) >= 11 is 0. The number of fused-ring (bicyclic) bond motifs is 1. The van der Waals surface area contributed by atoms with Crippen LogP contribution in [0.3, 0.4) is 0 Å². The van der Waals surface area contributed by atoms with Gasteiger partial charge in [-0.3, -0.25) is 0 Å². The Bertz CT molecular complexity index is 995. The van der Waals surface area contributed by atoms with E-state index in [1.54, 1.807) is 21.3 Å². The van der Waals surface area contributed by atoms with Gasteiger partial charge in [-0.1, -0.05) is 19.6 Å². The van der Waals surface area contributed by atoms with E-state index < -0.39 is 12.1 Å². The number of hydrogen-bond acceptors (Lipinski definition) is 7. The van der Waals surface area contributed by atoms with E-state index in [0.717, 1.165) is 16.7 Å². The van der Waals surface area contributed by atoms with Gasteiger partial charge in [-0.25, -0.2) is 4.79 Å². The van der Waals surface area contributed by atoms with Crippen LogP contribution >= 0.6 is 0 Å². The molecule has 0 saturated carbocycles. The molecule has 0 unspecified atom stereocenters. The maximum Gasteiger partial charge on any atom is 0.334 e. The molecule has 0 spiro atoms. The van der Waals surface area contributed by atoms with Crippen molar-refractivity contribution in [1.29, 1.82) is 0 Å². The molecular weight excluding hydrogens is 376 g/mol. The van der Waals surface area contributed by atoms with Crippen molar-refractivity contribution >= 4 is 5.97 Å². The molecule has 2 heterocycles. The van der Waals surface area contributed by atoms with Crippen LogP contribution in [0.1, 0.15) is 18.6 Å². The van der Waals surface area contributed by atoms with Gasteiger partial charge >= 0.3 is 5.97 Å². The van der Waals surface area contributed by atoms with Crippen molar-refractivity contribution in [3.8, 4) is 39.9 Å². The lowest BCUT2D eigenvalue weighted by Gasteiger charge is -2.24. The van der Waals surface area contributed by atoms with E-state index in [1.165, 1.54) is 0 Å². The molecule has 7 nitrogen and oxygen atoms in total. The standard InChI is InChI=1S/C22H22O7/c1-11-12(2)22(23)29-19(11)14-9-17(24-3)20(25-4)21(26-5)18(14)13-6-7-15-16(8-13)28-10-27-15/h6-9,11,19H,2,10H2,1,3-5H3/t11-,19+/m0/s1. The Morgan fingerprint density at radius 1 is 1.00 bits per heavy atom. The van der Waals surface area contributed by atoms with Gasteiger partial charge in [-0.15, -0.1) is 0 Å². The largest absolute Gasteiger partial charge is 0.493 e. The lowest BCUT2D eigenvalue weighted by Crippen LogP contribution is -2.09. The molecule has 0 aliphatic carbocycles. The molecular formula is C22H22O7. The summed E-state index contributed by atoms with van der Waals surface area (Å²) in [5.74, 6) is 2.08. The SMILES string of the molecule is C=C1C(=O)O[C@@H](c2cc(OC)c(OC)c(OC)c2-c2ccc3c(c2)OCO3)[C@H]1C. The van der Waals surface area contributed by atoms with Crippen molar-refractivity contribution in [2.45, 2.75) is 13.0 Å². The minimum atomic E-state index is -0.538. The number of hydrogen-bond donors (Lipinski definition) is 0. The topological polar surface area (TPSA) is 72.5 Å². The van der Waals surface area contributed by atoms with Gasteiger partial charge in [0.25, 0.3) is 0 Å². The second-order valence-corrected chi connectivity index (χ2v) is 6.82. The van der Waals surface area contributed by atoms with E-state index >= 15 is 0 Å². The van der Waals surface area contributed by atoms with Crippen LogP contribution in [0.2, 0.25) is 0 Å². The Morgan fingerprint density at radius 3 is 2.34 bits per heavy atom. The van der Waals surface area contributed by atoms with Crippen molar-refractivity contribution in [2.75, 3.05) is 28.1 Å². The van der Waals surface area contributed by atoms with Gasteiger partial charge in [-0.05, 0) is 23.8 Å². The zero-order valence-electron chi connectivity index (χ0n) is 16.7. The fraction of sp³-hybridized carbons (Fsp3) is 0.318. The highest BCUT2D eigenvalue weighted by molar-refractivity contribution is 5.92. The Morgan fingerprint density at radius 2 is 1.72 bits per heavy atom. The maximum absolute atomic E-state index is 12.2. The van der Waals surface area contributed by atoms with E-state index in [0.29, 0.717) is 34.3 Å². The molecule has 0 radical (unpaired) electrons. The van der Waals surface area contributed by atoms with Crippen LogP contribution in [0.5, 0.6) is 28.7 Å². The number of benzene rings is 2. The van der Waals surface area contributed by atoms with Gasteiger partial charge in [0.05, 0.1) is 21.3 Å². The monoisotopic (exact) mass is 398 g/mol. The van der Waals surface area contributed by atoms with E-state index in [2.05, 4.69) is 6.58 Å². The Labute approximate surface area is 168 Å². The van der Waals surface area contributed by atoms with E-state index in [9.17, 15) is 4.79 Å². The zero-order chi connectivity index (χ0) is 20.7. The predicted octanol–water partition coefficient (Wildman–Crippen LogP) is 3.90. The van der Waals surface area contributed by atoms with Crippen LogP contribution in [0, 0.1) is 5.92 Å². The molecule has 29 heavy (non-hydrogen) atoms. The van der Waals surface area contributed by atoms with E-state index in [4.69, 9.17) is 28.4 Å². The highest BCUT2D eigenvalue weighted by Gasteiger charge is 2.39. The van der Waals surface area contributed by atoms with Gasteiger partial charge in [0.2, 0.25) is 12.5 Å². The van der Waals surface area contributed by atoms with Gasteiger partial charge < -0.3 is 28.4 Å². The van der Waals surface area contributed by atoms with Gasteiger partial charge in [0.15, 0.2) is 23.0 Å². The summed E-state index contributed by atoms with van der Waals surface area (Å²) in [5.41, 5.74) is 2.70. The average molecular weight is 398 g/mol. The molecule has 2 aromatic carbocycles. The molecule has 2 atom stereocenters. The summed E-state index contributed by atoms with van der Waals surface area (Å²) in [4.78, 5) is 12.2. The highest BCUT2D eigenvalue weighted by Crippen LogP contribution is 2.52. The number of cyclic esters (lactones) is 1. The quantitative estimate of drug-likeness (QED) is 0.559. The first-order valence-electron chi connectivity index (χ1n) is 9.12. The lowest BCUT2D eigenvalue weighted by atomic mass is 9.87. The van der Waals surface area contributed by atoms with Crippen LogP contribution in [-0.4, -0.2) is 34.1 Å². The van der Waals surface area contributed by atoms with Gasteiger partial charge in [0, 0.05) is 22.6 Å². The zero-order valence-corrected chi connectivity index (χ0v) is 16.7. The molecule has 0 aromatic heterocycles. The molecule has 7 heteroatoms. The van der Waals surface area contributed by atoms with Crippen molar-refractivity contribution in [1.82, 2.24) is 0 Å². The molecule has 1 fully saturated rings. The summed E-state index contributed by atoms with van der Waals surface area (Å²) in [7, 11) is 4.65. The van der Waals surface area contributed by atoms with E-state index in [1.807, 2.05) is 31.2 Å². The first-order valence-corrected chi connectivity index (χ1v) is 9.12. The summed E-state index contributed by atoms with van der Waals surface area (Å²) < 4.78 is 33.4. The smallest absolute Gasteiger partial charge is 0.334 e. The molecule has 2 aliphatic rings. The summed E-state index contributed by atoms with van der Waals surface area (Å²) in [6.07, 6.45) is -0.538. The summed E-state index contributed by atoms with van der Waals surface area (Å²) in [5, 5.41) is 0. The normalized spacial score (nSPS) is 19.9. The van der Waals surface area contributed by atoms with E-state index in [-0.39, 0.29) is 12.7 Å². The average Bonchev–Trinajstić information content (AvgIpc) is 3.31. The first kappa shape index (κ1) is 19.0. The minimum Gasteiger partial charge on any atom is -0.493 e. The fourth-order valence-electron chi connectivity index (χ4n) is 3.74. The third kappa shape index (κ3) is 2.93. The third-order valence-electron chi connectivity index (χ3n) is 5.33. The van der Waals surface area contributed by atoms with Crippen molar-refractivity contribution in [3.63, 3.8) is 0 Å². The van der Waals surface area contributed by atoms with Gasteiger partial charge in [0.1, 0.15) is 6.10 Å². The second-order valence-electron chi connectivity index (χ2n) is 6.82. The number of carbonyl (C=O) groups is 1. The van der Waals surface area contributed by atoms with Crippen LogP contribution in [0.15, 0.2) is 36.4 Å². The number of methoxy groups -OCH3 is 3. The lowest BCUT2D eigenvalue weighted by molar-refractivity contribution is -0.139. The molecule has 0 N–H and O–H groups in total. The highest BCUT2D eigenvalue weighted by atomic mass is 16.7. The van der Waals surface area contributed by atoms with Crippen LogP contribution in [0.4, 0.5) is 0 Å². The number of ether oxygens (including phenoxy) is 6. The number of carbonyl (C=O) groups excluding carboxylic acids is 1. The first-order chi connectivity index (χ1) is 14.0. The maximum atomic E-state index is 12.2. The molecule has 2 aliphatic heterocycles. The fourth-order valence-corrected chi connectivity index (χ4v) is 3.74. The summed E-state index contributed by atoms with van der Waals surface area (Å²) in [6.45, 7) is 5.94. The molecule has 152 valence electrons. The molecule has 1 saturated heterocycles. The number of rotatable bonds is 5. The van der Waals surface area contributed by atoms with Crippen LogP contribution in [-0.2, 0) is 9.53 Å². The van der Waals surface area contributed by atoms with Crippen LogP contribution < -0.4 is 23.7 Å². The second kappa shape index (κ2) is 7.24. The Balaban J connectivity index is 1.99. The molecule has 0 bridgehead atoms. The van der Waals surface area contributed by atoms with Gasteiger partial charge in [-0.2, -0.15) is 0 Å². The molecule has 2 aromatic rings. The van der Waals surface area contributed by atoms with Crippen molar-refractivity contribution < 1.29 is 33.2 Å². The molecule has 0 amide bonds. The van der Waals surface area contributed by atoms with Crippen LogP contribution in [0.25, 0.3) is 11.1 Å². The minimum absolute atomic E-state index is 0.172. The van der Waals surface area contributed by atoms with Crippen molar-refractivity contribution in [2.24, 2.45) is 5.92 Å². The predicted molar refractivity (Wildman–Crippen MR) is 105 cm³/mol. The van der Waals surface area contributed by atoms with Crippen molar-refractivity contribution in [3.05, 3.63) is 42.0 Å². The molecule has 4 rings (SSSR count). The summed E-state index contributed by atoms with van der Waals surface area (Å²) in [6, 6.07) is 7.41.